The van der Waals surface area contributed by atoms with E-state index in [1.807, 2.05) is 0 Å². The second kappa shape index (κ2) is 6.48. The summed E-state index contributed by atoms with van der Waals surface area (Å²) in [6.07, 6.45) is -5.30. The molecule has 0 radical (unpaired) electrons. The van der Waals surface area contributed by atoms with Gasteiger partial charge in [-0.25, -0.2) is 0 Å². The molecule has 0 saturated carbocycles. The summed E-state index contributed by atoms with van der Waals surface area (Å²) in [6, 6.07) is 9.64. The topological polar surface area (TPSA) is 46.6 Å². The molecule has 1 aliphatic rings. The van der Waals surface area contributed by atoms with E-state index in [4.69, 9.17) is 4.74 Å². The third-order valence-corrected chi connectivity index (χ3v) is 4.17. The number of amides is 1. The number of carbonyl (C=O) groups excluding carboxylic acids is 2. The number of anilines is 1. The van der Waals surface area contributed by atoms with Crippen LogP contribution in [0.2, 0.25) is 0 Å². The fraction of sp³-hybridized carbons (Fsp3) is 0.263. The zero-order valence-electron chi connectivity index (χ0n) is 14.1. The van der Waals surface area contributed by atoms with Crippen molar-refractivity contribution in [3.05, 3.63) is 59.2 Å². The Morgan fingerprint density at radius 3 is 2.54 bits per heavy atom. The maximum Gasteiger partial charge on any atom is 0.416 e. The maximum atomic E-state index is 12.9. The monoisotopic (exact) mass is 363 g/mol. The number of ether oxygens (including phenoxy) is 1. The number of ketones is 1. The zero-order chi connectivity index (χ0) is 19.1. The van der Waals surface area contributed by atoms with E-state index in [9.17, 15) is 22.8 Å². The Balaban J connectivity index is 2.02. The summed E-state index contributed by atoms with van der Waals surface area (Å²) >= 11 is 0. The molecule has 1 atom stereocenters. The number of halogens is 3. The lowest BCUT2D eigenvalue weighted by Gasteiger charge is -2.34. The quantitative estimate of drug-likeness (QED) is 0.767. The fourth-order valence-corrected chi connectivity index (χ4v) is 2.90. The minimum absolute atomic E-state index is 0.0508. The van der Waals surface area contributed by atoms with E-state index in [0.29, 0.717) is 16.8 Å². The van der Waals surface area contributed by atoms with E-state index in [0.717, 1.165) is 12.1 Å². The largest absolute Gasteiger partial charge is 0.478 e. The average molecular weight is 363 g/mol. The molecule has 2 aromatic carbocycles. The Hall–Kier alpha value is -2.83. The molecule has 0 bridgehead atoms. The lowest BCUT2D eigenvalue weighted by molar-refractivity contribution is -0.137. The molecular weight excluding hydrogens is 347 g/mol. The van der Waals surface area contributed by atoms with Gasteiger partial charge in [0.2, 0.25) is 0 Å². The summed E-state index contributed by atoms with van der Waals surface area (Å²) in [5, 5.41) is 0. The van der Waals surface area contributed by atoms with Crippen molar-refractivity contribution < 1.29 is 27.5 Å². The zero-order valence-corrected chi connectivity index (χ0v) is 14.1. The van der Waals surface area contributed by atoms with E-state index >= 15 is 0 Å². The summed E-state index contributed by atoms with van der Waals surface area (Å²) in [5.41, 5.74) is 0.261. The maximum absolute atomic E-state index is 12.9. The normalized spacial score (nSPS) is 16.9. The first kappa shape index (κ1) is 18.0. The number of hydrogen-bond acceptors (Lipinski definition) is 3. The Morgan fingerprint density at radius 1 is 1.19 bits per heavy atom. The van der Waals surface area contributed by atoms with Crippen LogP contribution in [-0.2, 0) is 17.5 Å². The molecule has 0 N–H and O–H groups in total. The summed E-state index contributed by atoms with van der Waals surface area (Å²) in [4.78, 5) is 25.7. The van der Waals surface area contributed by atoms with Crippen LogP contribution in [0.3, 0.4) is 0 Å². The number of carbonyl (C=O) groups is 2. The molecule has 0 aromatic heterocycles. The molecule has 0 fully saturated rings. The molecular formula is C19H16F3NO3. The van der Waals surface area contributed by atoms with Gasteiger partial charge >= 0.3 is 6.18 Å². The molecule has 1 unspecified atom stereocenters. The van der Waals surface area contributed by atoms with Crippen molar-refractivity contribution in [1.29, 1.82) is 0 Å². The van der Waals surface area contributed by atoms with Crippen molar-refractivity contribution >= 4 is 17.4 Å². The fourth-order valence-electron chi connectivity index (χ4n) is 2.90. The summed E-state index contributed by atoms with van der Waals surface area (Å²) in [6.45, 7) is 2.88. The van der Waals surface area contributed by atoms with Crippen molar-refractivity contribution in [3.63, 3.8) is 0 Å². The SMILES string of the molecule is CC(=O)c1cccc2c1OC(C)C(=O)N2Cc1cccc(C(F)(F)F)c1. The molecule has 1 amide bonds. The predicted octanol–water partition coefficient (Wildman–Crippen LogP) is 4.22. The first-order valence-electron chi connectivity index (χ1n) is 7.96. The van der Waals surface area contributed by atoms with Crippen molar-refractivity contribution in [2.75, 3.05) is 4.90 Å². The second-order valence-electron chi connectivity index (χ2n) is 6.09. The summed E-state index contributed by atoms with van der Waals surface area (Å²) in [5.74, 6) is -0.322. The van der Waals surface area contributed by atoms with Crippen molar-refractivity contribution in [2.24, 2.45) is 0 Å². The van der Waals surface area contributed by atoms with Crippen molar-refractivity contribution in [2.45, 2.75) is 32.7 Å². The standard InChI is InChI=1S/C19H16F3NO3/c1-11(24)15-7-4-8-16-17(15)26-12(2)18(25)23(16)10-13-5-3-6-14(9-13)19(20,21)22/h3-9,12H,10H2,1-2H3. The second-order valence-corrected chi connectivity index (χ2v) is 6.09. The first-order valence-corrected chi connectivity index (χ1v) is 7.96. The molecule has 0 spiro atoms. The van der Waals surface area contributed by atoms with Crippen LogP contribution in [0.4, 0.5) is 18.9 Å². The van der Waals surface area contributed by atoms with Gasteiger partial charge in [-0.2, -0.15) is 13.2 Å². The minimum atomic E-state index is -4.46. The minimum Gasteiger partial charge on any atom is -0.478 e. The van der Waals surface area contributed by atoms with Crippen LogP contribution in [0.5, 0.6) is 5.75 Å². The molecule has 4 nitrogen and oxygen atoms in total. The van der Waals surface area contributed by atoms with Crippen molar-refractivity contribution in [3.8, 4) is 5.75 Å². The average Bonchev–Trinajstić information content (AvgIpc) is 2.58. The van der Waals surface area contributed by atoms with E-state index in [1.54, 1.807) is 25.1 Å². The van der Waals surface area contributed by atoms with E-state index in [1.165, 1.54) is 24.0 Å². The van der Waals surface area contributed by atoms with Crippen LogP contribution in [0.25, 0.3) is 0 Å². The third-order valence-electron chi connectivity index (χ3n) is 4.17. The van der Waals surface area contributed by atoms with Crippen LogP contribution in [-0.4, -0.2) is 17.8 Å². The Morgan fingerprint density at radius 2 is 1.88 bits per heavy atom. The summed E-state index contributed by atoms with van der Waals surface area (Å²) in [7, 11) is 0. The van der Waals surface area contributed by atoms with Crippen LogP contribution in [0.15, 0.2) is 42.5 Å². The van der Waals surface area contributed by atoms with Gasteiger partial charge in [0, 0.05) is 0 Å². The third kappa shape index (κ3) is 3.29. The van der Waals surface area contributed by atoms with Gasteiger partial charge in [0.25, 0.3) is 5.91 Å². The number of para-hydroxylation sites is 1. The molecule has 2 aromatic rings. The van der Waals surface area contributed by atoms with E-state index in [-0.39, 0.29) is 24.0 Å². The van der Waals surface area contributed by atoms with Gasteiger partial charge in [0.05, 0.1) is 23.4 Å². The molecule has 136 valence electrons. The smallest absolute Gasteiger partial charge is 0.416 e. The molecule has 7 heteroatoms. The van der Waals surface area contributed by atoms with Gasteiger partial charge in [-0.3, -0.25) is 9.59 Å². The highest BCUT2D eigenvalue weighted by atomic mass is 19.4. The van der Waals surface area contributed by atoms with Crippen LogP contribution >= 0.6 is 0 Å². The number of fused-ring (bicyclic) bond motifs is 1. The van der Waals surface area contributed by atoms with Crippen molar-refractivity contribution in [1.82, 2.24) is 0 Å². The molecule has 0 saturated heterocycles. The lowest BCUT2D eigenvalue weighted by Crippen LogP contribution is -2.44. The van der Waals surface area contributed by atoms with Gasteiger partial charge in [-0.1, -0.05) is 18.2 Å². The van der Waals surface area contributed by atoms with Crippen LogP contribution in [0.1, 0.15) is 35.3 Å². The Bertz CT molecular complexity index is 877. The highest BCUT2D eigenvalue weighted by Crippen LogP contribution is 2.38. The van der Waals surface area contributed by atoms with E-state index in [2.05, 4.69) is 0 Å². The summed E-state index contributed by atoms with van der Waals surface area (Å²) < 4.78 is 44.4. The molecule has 0 aliphatic carbocycles. The van der Waals surface area contributed by atoms with Gasteiger partial charge in [-0.15, -0.1) is 0 Å². The van der Waals surface area contributed by atoms with Crippen LogP contribution < -0.4 is 9.64 Å². The molecule has 1 heterocycles. The lowest BCUT2D eigenvalue weighted by atomic mass is 10.0. The highest BCUT2D eigenvalue weighted by Gasteiger charge is 2.34. The Labute approximate surface area is 148 Å². The number of hydrogen-bond donors (Lipinski definition) is 0. The number of Topliss-reactive ketones (excluding diaryl/α,β-unsaturated/α-hetero) is 1. The number of alkyl halides is 3. The number of rotatable bonds is 3. The number of benzene rings is 2. The number of nitrogens with zero attached hydrogens (tertiary/aromatic N) is 1. The molecule has 3 rings (SSSR count). The predicted molar refractivity (Wildman–Crippen MR) is 89.2 cm³/mol. The molecule has 1 aliphatic heterocycles. The first-order chi connectivity index (χ1) is 12.2. The van der Waals surface area contributed by atoms with E-state index < -0.39 is 17.8 Å². The highest BCUT2D eigenvalue weighted by molar-refractivity contribution is 6.05. The van der Waals surface area contributed by atoms with Gasteiger partial charge in [0.15, 0.2) is 17.6 Å². The van der Waals surface area contributed by atoms with Gasteiger partial charge < -0.3 is 9.64 Å². The Kier molecular flexibility index (Phi) is 4.48. The molecule has 26 heavy (non-hydrogen) atoms. The van der Waals surface area contributed by atoms with Gasteiger partial charge in [0.1, 0.15) is 0 Å². The van der Waals surface area contributed by atoms with Crippen LogP contribution in [0, 0.1) is 0 Å². The van der Waals surface area contributed by atoms with Gasteiger partial charge in [-0.05, 0) is 43.7 Å².